The van der Waals surface area contributed by atoms with E-state index < -0.39 is 5.91 Å². The quantitative estimate of drug-likeness (QED) is 0.321. The third-order valence-electron chi connectivity index (χ3n) is 4.98. The van der Waals surface area contributed by atoms with Gasteiger partial charge in [0, 0.05) is 28.0 Å². The van der Waals surface area contributed by atoms with Crippen LogP contribution in [0.5, 0.6) is 5.75 Å². The van der Waals surface area contributed by atoms with Gasteiger partial charge in [0.2, 0.25) is 0 Å². The number of ether oxygens (including phenoxy) is 1. The van der Waals surface area contributed by atoms with Gasteiger partial charge in [0.05, 0.1) is 12.2 Å². The maximum Gasteiger partial charge on any atom is 0.261 e. The van der Waals surface area contributed by atoms with Crippen LogP contribution in [-0.4, -0.2) is 30.1 Å². The molecule has 2 amide bonds. The summed E-state index contributed by atoms with van der Waals surface area (Å²) in [5.74, 6) is 0.280. The topological polar surface area (TPSA) is 70.7 Å². The summed E-state index contributed by atoms with van der Waals surface area (Å²) in [6, 6.07) is 21.8. The zero-order valence-corrected chi connectivity index (χ0v) is 22.3. The van der Waals surface area contributed by atoms with E-state index in [1.165, 1.54) is 0 Å². The Morgan fingerprint density at radius 2 is 1.77 bits per heavy atom. The Hall–Kier alpha value is -3.23. The lowest BCUT2D eigenvalue weighted by Crippen LogP contribution is -2.34. The molecule has 0 aromatic heterocycles. The largest absolute Gasteiger partial charge is 0.492 e. The number of halogens is 1. The normalized spacial score (nSPS) is 10.5. The third kappa shape index (κ3) is 7.37. The molecule has 182 valence electrons. The highest BCUT2D eigenvalue weighted by Gasteiger charge is 2.18. The summed E-state index contributed by atoms with van der Waals surface area (Å²) < 4.78 is 6.55. The molecule has 0 unspecified atom stereocenters. The standard InChI is InChI=1S/C27H28BrN3O3S/c1-4-31(22-11-6-5-7-12-22)26(33)19-9-8-10-21(15-19)29-27(35)30-25(32)23-16-20(28)13-14-24(23)34-17-18(2)3/h5-16,18H,4,17H2,1-3H3,(H2,29,30,32,35). The van der Waals surface area contributed by atoms with Crippen LogP contribution >= 0.6 is 28.1 Å². The highest BCUT2D eigenvalue weighted by atomic mass is 79.9. The van der Waals surface area contributed by atoms with Crippen molar-refractivity contribution in [3.05, 3.63) is 88.4 Å². The second kappa shape index (κ2) is 12.5. The fourth-order valence-electron chi connectivity index (χ4n) is 3.33. The highest BCUT2D eigenvalue weighted by Crippen LogP contribution is 2.24. The van der Waals surface area contributed by atoms with E-state index in [1.54, 1.807) is 41.3 Å². The maximum absolute atomic E-state index is 13.1. The van der Waals surface area contributed by atoms with Gasteiger partial charge in [0.15, 0.2) is 5.11 Å². The SMILES string of the molecule is CCN(C(=O)c1cccc(NC(=S)NC(=O)c2cc(Br)ccc2OCC(C)C)c1)c1ccccc1. The lowest BCUT2D eigenvalue weighted by molar-refractivity contribution is 0.0969. The zero-order valence-electron chi connectivity index (χ0n) is 19.9. The molecule has 3 aromatic rings. The maximum atomic E-state index is 13.1. The Morgan fingerprint density at radius 1 is 1.03 bits per heavy atom. The van der Waals surface area contributed by atoms with E-state index in [2.05, 4.69) is 26.6 Å². The van der Waals surface area contributed by atoms with E-state index in [4.69, 9.17) is 17.0 Å². The number of hydrogen-bond acceptors (Lipinski definition) is 4. The first kappa shape index (κ1) is 26.4. The molecular weight excluding hydrogens is 526 g/mol. The van der Waals surface area contributed by atoms with Gasteiger partial charge in [-0.2, -0.15) is 0 Å². The molecule has 0 heterocycles. The van der Waals surface area contributed by atoms with Crippen LogP contribution in [0.3, 0.4) is 0 Å². The van der Waals surface area contributed by atoms with Gasteiger partial charge in [-0.05, 0) is 73.6 Å². The second-order valence-electron chi connectivity index (χ2n) is 8.22. The average Bonchev–Trinajstić information content (AvgIpc) is 2.84. The number of rotatable bonds is 8. The molecule has 0 saturated heterocycles. The number of benzene rings is 3. The average molecular weight is 555 g/mol. The highest BCUT2D eigenvalue weighted by molar-refractivity contribution is 9.10. The minimum absolute atomic E-state index is 0.116. The molecule has 35 heavy (non-hydrogen) atoms. The minimum Gasteiger partial charge on any atom is -0.492 e. The first-order valence-electron chi connectivity index (χ1n) is 11.3. The van der Waals surface area contributed by atoms with Crippen LogP contribution in [0.25, 0.3) is 0 Å². The lowest BCUT2D eigenvalue weighted by Gasteiger charge is -2.21. The van der Waals surface area contributed by atoms with E-state index in [0.717, 1.165) is 10.2 Å². The lowest BCUT2D eigenvalue weighted by atomic mass is 10.1. The molecular formula is C27H28BrN3O3S. The van der Waals surface area contributed by atoms with Crippen LogP contribution in [-0.2, 0) is 0 Å². The molecule has 6 nitrogen and oxygen atoms in total. The van der Waals surface area contributed by atoms with Gasteiger partial charge >= 0.3 is 0 Å². The predicted molar refractivity (Wildman–Crippen MR) is 148 cm³/mol. The number of nitrogens with zero attached hydrogens (tertiary/aromatic N) is 1. The Bertz CT molecular complexity index is 1200. The second-order valence-corrected chi connectivity index (χ2v) is 9.54. The van der Waals surface area contributed by atoms with Gasteiger partial charge in [0.25, 0.3) is 11.8 Å². The molecule has 0 saturated carbocycles. The summed E-state index contributed by atoms with van der Waals surface area (Å²) in [5.41, 5.74) is 2.29. The van der Waals surface area contributed by atoms with Crippen LogP contribution in [0.1, 0.15) is 41.5 Å². The molecule has 0 bridgehead atoms. The van der Waals surface area contributed by atoms with Crippen molar-refractivity contribution in [3.8, 4) is 5.75 Å². The van der Waals surface area contributed by atoms with Crippen LogP contribution in [0.2, 0.25) is 0 Å². The molecule has 3 rings (SSSR count). The van der Waals surface area contributed by atoms with Gasteiger partial charge in [-0.3, -0.25) is 14.9 Å². The minimum atomic E-state index is -0.393. The summed E-state index contributed by atoms with van der Waals surface area (Å²) in [7, 11) is 0. The Balaban J connectivity index is 1.70. The molecule has 8 heteroatoms. The monoisotopic (exact) mass is 553 g/mol. The molecule has 0 atom stereocenters. The van der Waals surface area contributed by atoms with E-state index in [9.17, 15) is 9.59 Å². The molecule has 0 aliphatic carbocycles. The van der Waals surface area contributed by atoms with Crippen LogP contribution in [0.4, 0.5) is 11.4 Å². The van der Waals surface area contributed by atoms with Crippen molar-refractivity contribution in [2.24, 2.45) is 5.92 Å². The van der Waals surface area contributed by atoms with E-state index >= 15 is 0 Å². The van der Waals surface area contributed by atoms with Gasteiger partial charge in [-0.25, -0.2) is 0 Å². The molecule has 0 aliphatic heterocycles. The number of amides is 2. The molecule has 0 fully saturated rings. The van der Waals surface area contributed by atoms with Crippen molar-refractivity contribution in [3.63, 3.8) is 0 Å². The van der Waals surface area contributed by atoms with Crippen LogP contribution in [0.15, 0.2) is 77.3 Å². The number of hydrogen-bond donors (Lipinski definition) is 2. The zero-order chi connectivity index (χ0) is 25.4. The number of carbonyl (C=O) groups excluding carboxylic acids is 2. The number of thiocarbonyl (C=S) groups is 1. The van der Waals surface area contributed by atoms with Gasteiger partial charge in [-0.1, -0.05) is 54.0 Å². The Morgan fingerprint density at radius 3 is 2.46 bits per heavy atom. The summed E-state index contributed by atoms with van der Waals surface area (Å²) in [6.45, 7) is 7.02. The van der Waals surface area contributed by atoms with Crippen molar-refractivity contribution in [2.75, 3.05) is 23.4 Å². The number of anilines is 2. The number of carbonyl (C=O) groups is 2. The van der Waals surface area contributed by atoms with Gasteiger partial charge < -0.3 is 15.0 Å². The molecule has 3 aromatic carbocycles. The van der Waals surface area contributed by atoms with Crippen molar-refractivity contribution in [2.45, 2.75) is 20.8 Å². The summed E-state index contributed by atoms with van der Waals surface area (Å²) in [6.07, 6.45) is 0. The van der Waals surface area contributed by atoms with Crippen LogP contribution in [0, 0.1) is 5.92 Å². The Kier molecular flexibility index (Phi) is 9.39. The Labute approximate surface area is 219 Å². The van der Waals surface area contributed by atoms with Crippen molar-refractivity contribution < 1.29 is 14.3 Å². The smallest absolute Gasteiger partial charge is 0.261 e. The predicted octanol–water partition coefficient (Wildman–Crippen LogP) is 6.28. The summed E-state index contributed by atoms with van der Waals surface area (Å²) in [5, 5.41) is 5.80. The first-order chi connectivity index (χ1) is 16.8. The van der Waals surface area contributed by atoms with Crippen molar-refractivity contribution >= 4 is 56.4 Å². The van der Waals surface area contributed by atoms with Crippen molar-refractivity contribution in [1.29, 1.82) is 0 Å². The number of para-hydroxylation sites is 1. The van der Waals surface area contributed by atoms with Crippen molar-refractivity contribution in [1.82, 2.24) is 5.32 Å². The number of nitrogens with one attached hydrogen (secondary N) is 2. The van der Waals surface area contributed by atoms with Gasteiger partial charge in [0.1, 0.15) is 5.75 Å². The van der Waals surface area contributed by atoms with E-state index in [-0.39, 0.29) is 11.0 Å². The fraction of sp³-hybridized carbons (Fsp3) is 0.222. The van der Waals surface area contributed by atoms with Gasteiger partial charge in [-0.15, -0.1) is 0 Å². The van der Waals surface area contributed by atoms with E-state index in [1.807, 2.05) is 57.2 Å². The van der Waals surface area contributed by atoms with Crippen LogP contribution < -0.4 is 20.3 Å². The molecule has 0 aliphatic rings. The molecule has 0 radical (unpaired) electrons. The summed E-state index contributed by atoms with van der Waals surface area (Å²) >= 11 is 8.76. The molecule has 0 spiro atoms. The third-order valence-corrected chi connectivity index (χ3v) is 5.68. The molecule has 2 N–H and O–H groups in total. The first-order valence-corrected chi connectivity index (χ1v) is 12.5. The summed E-state index contributed by atoms with van der Waals surface area (Å²) in [4.78, 5) is 27.8. The fourth-order valence-corrected chi connectivity index (χ4v) is 3.90. The van der Waals surface area contributed by atoms with E-state index in [0.29, 0.717) is 41.6 Å².